The normalized spacial score (nSPS) is 23.3. The Morgan fingerprint density at radius 3 is 2.10 bits per heavy atom. The van der Waals surface area contributed by atoms with Gasteiger partial charge in [0.05, 0.1) is 0 Å². The molecule has 1 heterocycles. The fourth-order valence-corrected chi connectivity index (χ4v) is 0.795. The molecule has 0 aromatic heterocycles. The van der Waals surface area contributed by atoms with Gasteiger partial charge in [-0.05, 0) is 20.8 Å². The van der Waals surface area contributed by atoms with Crippen molar-refractivity contribution in [2.75, 3.05) is 0 Å². The van der Waals surface area contributed by atoms with E-state index in [0.29, 0.717) is 5.57 Å². The fraction of sp³-hybridized carbons (Fsp3) is 0.571. The summed E-state index contributed by atoms with van der Waals surface area (Å²) in [5.41, 5.74) is -0.0289. The van der Waals surface area contributed by atoms with Crippen LogP contribution < -0.4 is 0 Å². The van der Waals surface area contributed by atoms with Gasteiger partial charge in [0, 0.05) is 5.57 Å². The quantitative estimate of drug-likeness (QED) is 0.516. The Kier molecular flexibility index (Phi) is 1.24. The Balaban J connectivity index is 3.06. The number of carbonyl (C=O) groups excluding carboxylic acids is 1. The summed E-state index contributed by atoms with van der Waals surface area (Å²) in [6.45, 7) is 5.16. The van der Waals surface area contributed by atoms with Gasteiger partial charge in [0.15, 0.2) is 0 Å². The minimum atomic E-state index is -0.624. The molecule has 0 aromatic carbocycles. The van der Waals surface area contributed by atoms with Gasteiger partial charge in [-0.3, -0.25) is 0 Å². The Hall–Kier alpha value is -0.990. The predicted molar refractivity (Wildman–Crippen MR) is 35.5 cm³/mol. The van der Waals surface area contributed by atoms with Gasteiger partial charge >= 0.3 is 5.97 Å². The lowest BCUT2D eigenvalue weighted by Gasteiger charge is -2.17. The molecule has 3 nitrogen and oxygen atoms in total. The van der Waals surface area contributed by atoms with E-state index in [1.54, 1.807) is 20.8 Å². The van der Waals surface area contributed by atoms with E-state index >= 15 is 0 Å². The van der Waals surface area contributed by atoms with Crippen LogP contribution in [0.5, 0.6) is 0 Å². The number of carbonyl (C=O) groups is 1. The van der Waals surface area contributed by atoms with Gasteiger partial charge < -0.3 is 9.84 Å². The van der Waals surface area contributed by atoms with Crippen LogP contribution in [0.15, 0.2) is 11.3 Å². The molecule has 0 atom stereocenters. The minimum Gasteiger partial charge on any atom is -0.502 e. The van der Waals surface area contributed by atoms with Crippen LogP contribution in [0.25, 0.3) is 0 Å². The first kappa shape index (κ1) is 7.12. The molecule has 1 N–H and O–H groups in total. The van der Waals surface area contributed by atoms with E-state index in [-0.39, 0.29) is 5.76 Å². The molecule has 10 heavy (non-hydrogen) atoms. The average molecular weight is 142 g/mol. The van der Waals surface area contributed by atoms with Gasteiger partial charge in [0.25, 0.3) is 0 Å². The summed E-state index contributed by atoms with van der Waals surface area (Å²) in [6, 6.07) is 0. The van der Waals surface area contributed by atoms with Crippen molar-refractivity contribution in [2.24, 2.45) is 0 Å². The lowest BCUT2D eigenvalue weighted by molar-refractivity contribution is -0.146. The Morgan fingerprint density at radius 1 is 1.50 bits per heavy atom. The summed E-state index contributed by atoms with van der Waals surface area (Å²) in [4.78, 5) is 10.7. The molecule has 1 aliphatic heterocycles. The van der Waals surface area contributed by atoms with Crippen LogP contribution in [0.4, 0.5) is 0 Å². The molecule has 56 valence electrons. The summed E-state index contributed by atoms with van der Waals surface area (Å²) < 4.78 is 4.81. The highest BCUT2D eigenvalue weighted by atomic mass is 16.6. The number of rotatable bonds is 0. The third-order valence-electron chi connectivity index (χ3n) is 1.80. The number of esters is 1. The summed E-state index contributed by atoms with van der Waals surface area (Å²) in [5.74, 6) is -0.868. The standard InChI is InChI=1S/C7H10O3/c1-4-5(8)6(9)10-7(4,2)3/h8H,1-3H3. The molecule has 0 aromatic rings. The molecule has 0 unspecified atom stereocenters. The lowest BCUT2D eigenvalue weighted by atomic mass is 10.0. The molecule has 0 amide bonds. The second-order valence-electron chi connectivity index (χ2n) is 2.87. The van der Waals surface area contributed by atoms with E-state index in [1.165, 1.54) is 0 Å². The zero-order valence-electron chi connectivity index (χ0n) is 6.26. The Bertz CT molecular complexity index is 213. The van der Waals surface area contributed by atoms with Crippen molar-refractivity contribution in [2.45, 2.75) is 26.4 Å². The van der Waals surface area contributed by atoms with Crippen LogP contribution in [-0.4, -0.2) is 16.7 Å². The van der Waals surface area contributed by atoms with Gasteiger partial charge in [-0.25, -0.2) is 4.79 Å². The molecule has 1 rings (SSSR count). The largest absolute Gasteiger partial charge is 0.502 e. The number of aliphatic hydroxyl groups is 1. The molecule has 0 bridgehead atoms. The van der Waals surface area contributed by atoms with Crippen LogP contribution >= 0.6 is 0 Å². The first-order chi connectivity index (χ1) is 4.45. The van der Waals surface area contributed by atoms with Crippen molar-refractivity contribution in [1.29, 1.82) is 0 Å². The molecule has 3 heteroatoms. The first-order valence-corrected chi connectivity index (χ1v) is 3.09. The predicted octanol–water partition coefficient (Wildman–Crippen LogP) is 1.15. The Labute approximate surface area is 59.3 Å². The van der Waals surface area contributed by atoms with Crippen molar-refractivity contribution in [1.82, 2.24) is 0 Å². The molecule has 0 aliphatic carbocycles. The topological polar surface area (TPSA) is 46.5 Å². The highest BCUT2D eigenvalue weighted by Gasteiger charge is 2.37. The number of cyclic esters (lactones) is 1. The fourth-order valence-electron chi connectivity index (χ4n) is 0.795. The second kappa shape index (κ2) is 1.75. The van der Waals surface area contributed by atoms with Gasteiger partial charge in [-0.2, -0.15) is 0 Å². The zero-order valence-corrected chi connectivity index (χ0v) is 6.26. The molecule has 0 radical (unpaired) electrons. The van der Waals surface area contributed by atoms with E-state index in [4.69, 9.17) is 9.84 Å². The maximum atomic E-state index is 10.7. The molecular weight excluding hydrogens is 132 g/mol. The van der Waals surface area contributed by atoms with Gasteiger partial charge in [0.2, 0.25) is 5.76 Å². The summed E-state index contributed by atoms with van der Waals surface area (Å²) in [5, 5.41) is 9.01. The van der Waals surface area contributed by atoms with Crippen molar-refractivity contribution in [3.05, 3.63) is 11.3 Å². The smallest absolute Gasteiger partial charge is 0.374 e. The third-order valence-corrected chi connectivity index (χ3v) is 1.80. The van der Waals surface area contributed by atoms with Crippen LogP contribution in [-0.2, 0) is 9.53 Å². The molecule has 0 saturated heterocycles. The van der Waals surface area contributed by atoms with Crippen molar-refractivity contribution >= 4 is 5.97 Å². The summed E-state index contributed by atoms with van der Waals surface area (Å²) in [6.07, 6.45) is 0. The summed E-state index contributed by atoms with van der Waals surface area (Å²) >= 11 is 0. The highest BCUT2D eigenvalue weighted by molar-refractivity contribution is 5.90. The molecule has 0 saturated carbocycles. The van der Waals surface area contributed by atoms with E-state index in [0.717, 1.165) is 0 Å². The van der Waals surface area contributed by atoms with Crippen molar-refractivity contribution in [3.63, 3.8) is 0 Å². The minimum absolute atomic E-state index is 0.245. The zero-order chi connectivity index (χ0) is 7.94. The van der Waals surface area contributed by atoms with Crippen molar-refractivity contribution < 1.29 is 14.6 Å². The molecular formula is C7H10O3. The summed E-state index contributed by atoms with van der Waals surface area (Å²) in [7, 11) is 0. The lowest BCUT2D eigenvalue weighted by Crippen LogP contribution is -2.21. The van der Waals surface area contributed by atoms with Crippen LogP contribution in [0.2, 0.25) is 0 Å². The maximum absolute atomic E-state index is 10.7. The maximum Gasteiger partial charge on any atom is 0.374 e. The molecule has 0 fully saturated rings. The van der Waals surface area contributed by atoms with Crippen molar-refractivity contribution in [3.8, 4) is 0 Å². The van der Waals surface area contributed by atoms with E-state index < -0.39 is 11.6 Å². The van der Waals surface area contributed by atoms with E-state index in [2.05, 4.69) is 0 Å². The van der Waals surface area contributed by atoms with Gasteiger partial charge in [-0.1, -0.05) is 0 Å². The second-order valence-corrected chi connectivity index (χ2v) is 2.87. The van der Waals surface area contributed by atoms with Crippen LogP contribution in [0, 0.1) is 0 Å². The number of hydrogen-bond donors (Lipinski definition) is 1. The molecule has 1 aliphatic rings. The van der Waals surface area contributed by atoms with Crippen LogP contribution in [0.1, 0.15) is 20.8 Å². The first-order valence-electron chi connectivity index (χ1n) is 3.09. The van der Waals surface area contributed by atoms with Gasteiger partial charge in [0.1, 0.15) is 5.60 Å². The number of hydrogen-bond acceptors (Lipinski definition) is 3. The SMILES string of the molecule is CC1=C(O)C(=O)OC1(C)C. The van der Waals surface area contributed by atoms with Gasteiger partial charge in [-0.15, -0.1) is 0 Å². The van der Waals surface area contributed by atoms with Crippen LogP contribution in [0.3, 0.4) is 0 Å². The monoisotopic (exact) mass is 142 g/mol. The average Bonchev–Trinajstić information content (AvgIpc) is 1.95. The van der Waals surface area contributed by atoms with E-state index in [1.807, 2.05) is 0 Å². The number of ether oxygens (including phenoxy) is 1. The van der Waals surface area contributed by atoms with E-state index in [9.17, 15) is 4.79 Å². The third kappa shape index (κ3) is 0.781. The highest BCUT2D eigenvalue weighted by Crippen LogP contribution is 2.29. The number of aliphatic hydroxyl groups excluding tert-OH is 1. The molecule has 0 spiro atoms. The Morgan fingerprint density at radius 2 is 2.00 bits per heavy atom.